The summed E-state index contributed by atoms with van der Waals surface area (Å²) in [4.78, 5) is 8.59. The molecule has 14 heavy (non-hydrogen) atoms. The second kappa shape index (κ2) is 4.00. The molecular weight excluding hydrogens is 194 g/mol. The van der Waals surface area contributed by atoms with Gasteiger partial charge >= 0.3 is 0 Å². The fourth-order valence-corrected chi connectivity index (χ4v) is 2.10. The Hall–Kier alpha value is -1.03. The van der Waals surface area contributed by atoms with E-state index >= 15 is 0 Å². The largest absolute Gasteiger partial charge is 0.320 e. The zero-order valence-electron chi connectivity index (χ0n) is 8.32. The highest BCUT2D eigenvalue weighted by Gasteiger charge is 2.14. The molecule has 2 rings (SSSR count). The van der Waals surface area contributed by atoms with Crippen molar-refractivity contribution in [2.75, 3.05) is 11.9 Å². The molecule has 2 heterocycles. The number of hydrogen-bond donors (Lipinski definition) is 1. The van der Waals surface area contributed by atoms with Crippen LogP contribution >= 0.6 is 11.8 Å². The van der Waals surface area contributed by atoms with Gasteiger partial charge in [0.25, 0.3) is 0 Å². The third-order valence-corrected chi connectivity index (χ3v) is 2.96. The van der Waals surface area contributed by atoms with Gasteiger partial charge in [-0.05, 0) is 24.6 Å². The Kier molecular flexibility index (Phi) is 2.72. The van der Waals surface area contributed by atoms with E-state index in [0.717, 1.165) is 17.5 Å². The maximum Gasteiger partial charge on any atom is 0.162 e. The molecule has 1 aliphatic heterocycles. The lowest BCUT2D eigenvalue weighted by Gasteiger charge is -2.05. The van der Waals surface area contributed by atoms with Crippen LogP contribution in [0.25, 0.3) is 0 Å². The number of pyridine rings is 1. The van der Waals surface area contributed by atoms with Crippen molar-refractivity contribution in [1.82, 2.24) is 4.98 Å². The van der Waals surface area contributed by atoms with E-state index in [9.17, 15) is 0 Å². The molecule has 1 aromatic rings. The van der Waals surface area contributed by atoms with Gasteiger partial charge in [-0.3, -0.25) is 4.99 Å². The van der Waals surface area contributed by atoms with E-state index in [4.69, 9.17) is 0 Å². The van der Waals surface area contributed by atoms with Crippen molar-refractivity contribution in [3.63, 3.8) is 0 Å². The van der Waals surface area contributed by atoms with Gasteiger partial charge in [0, 0.05) is 11.4 Å². The number of aromatic nitrogens is 1. The lowest BCUT2D eigenvalue weighted by atomic mass is 10.3. The first-order chi connectivity index (χ1) is 6.74. The summed E-state index contributed by atoms with van der Waals surface area (Å²) in [6.07, 6.45) is 1.81. The Bertz CT molecular complexity index is 362. The monoisotopic (exact) mass is 207 g/mol. The molecule has 0 aromatic carbocycles. The summed E-state index contributed by atoms with van der Waals surface area (Å²) in [6, 6.07) is 4.00. The van der Waals surface area contributed by atoms with Crippen molar-refractivity contribution in [2.24, 2.45) is 4.99 Å². The molecule has 0 bridgehead atoms. The Morgan fingerprint density at radius 2 is 2.43 bits per heavy atom. The highest BCUT2D eigenvalue weighted by molar-refractivity contribution is 8.15. The Balaban J connectivity index is 2.04. The van der Waals surface area contributed by atoms with Gasteiger partial charge < -0.3 is 5.32 Å². The third-order valence-electron chi connectivity index (χ3n) is 1.96. The van der Waals surface area contributed by atoms with E-state index in [2.05, 4.69) is 29.1 Å². The molecule has 0 saturated heterocycles. The van der Waals surface area contributed by atoms with E-state index in [1.165, 1.54) is 5.56 Å². The van der Waals surface area contributed by atoms with Crippen LogP contribution in [0.4, 0.5) is 5.82 Å². The second-order valence-corrected chi connectivity index (χ2v) is 4.84. The first kappa shape index (κ1) is 9.52. The highest BCUT2D eigenvalue weighted by atomic mass is 32.2. The molecule has 0 spiro atoms. The first-order valence-corrected chi connectivity index (χ1v) is 5.53. The van der Waals surface area contributed by atoms with Crippen molar-refractivity contribution < 1.29 is 0 Å². The number of rotatable bonds is 1. The summed E-state index contributed by atoms with van der Waals surface area (Å²) in [5.74, 6) is 0.880. The molecule has 1 aliphatic rings. The number of hydrogen-bond acceptors (Lipinski definition) is 4. The van der Waals surface area contributed by atoms with Crippen molar-refractivity contribution in [2.45, 2.75) is 19.1 Å². The summed E-state index contributed by atoms with van der Waals surface area (Å²) in [5.41, 5.74) is 1.21. The molecule has 4 heteroatoms. The highest BCUT2D eigenvalue weighted by Crippen LogP contribution is 2.21. The van der Waals surface area contributed by atoms with Crippen LogP contribution in [0.1, 0.15) is 12.5 Å². The second-order valence-electron chi connectivity index (χ2n) is 3.42. The Morgan fingerprint density at radius 1 is 1.57 bits per heavy atom. The molecule has 0 aliphatic carbocycles. The standard InChI is InChI=1S/C10H13N3S/c1-7-3-4-11-9(5-7)13-10-12-6-8(2)14-10/h3-5,8H,6H2,1-2H3,(H,11,12,13)/t8-/m0/s1. The normalized spacial score (nSPS) is 20.7. The van der Waals surface area contributed by atoms with Gasteiger partial charge in [-0.2, -0.15) is 0 Å². The maximum absolute atomic E-state index is 4.37. The minimum atomic E-state index is 0.585. The fourth-order valence-electron chi connectivity index (χ4n) is 1.26. The molecule has 3 nitrogen and oxygen atoms in total. The Morgan fingerprint density at radius 3 is 3.07 bits per heavy atom. The number of aliphatic imine (C=N–C) groups is 1. The lowest BCUT2D eigenvalue weighted by Crippen LogP contribution is -2.07. The van der Waals surface area contributed by atoms with E-state index in [0.29, 0.717) is 5.25 Å². The summed E-state index contributed by atoms with van der Waals surface area (Å²) in [6.45, 7) is 5.13. The van der Waals surface area contributed by atoms with Crippen LogP contribution in [0.2, 0.25) is 0 Å². The molecule has 0 unspecified atom stereocenters. The summed E-state index contributed by atoms with van der Waals surface area (Å²) >= 11 is 1.77. The van der Waals surface area contributed by atoms with Crippen molar-refractivity contribution >= 4 is 22.7 Å². The van der Waals surface area contributed by atoms with E-state index < -0.39 is 0 Å². The topological polar surface area (TPSA) is 37.3 Å². The van der Waals surface area contributed by atoms with Gasteiger partial charge in [0.05, 0.1) is 6.54 Å². The van der Waals surface area contributed by atoms with Gasteiger partial charge in [0.2, 0.25) is 0 Å². The van der Waals surface area contributed by atoms with Crippen molar-refractivity contribution in [1.29, 1.82) is 0 Å². The molecular formula is C10H13N3S. The Labute approximate surface area is 88.0 Å². The SMILES string of the molecule is Cc1ccnc(NC2=NC[C@H](C)S2)c1. The molecule has 1 atom stereocenters. The van der Waals surface area contributed by atoms with E-state index in [1.807, 2.05) is 12.1 Å². The predicted octanol–water partition coefficient (Wildman–Crippen LogP) is 2.29. The van der Waals surface area contributed by atoms with Crippen LogP contribution in [0.5, 0.6) is 0 Å². The summed E-state index contributed by atoms with van der Waals surface area (Å²) in [5, 5.41) is 4.78. The summed E-state index contributed by atoms with van der Waals surface area (Å²) in [7, 11) is 0. The van der Waals surface area contributed by atoms with Crippen molar-refractivity contribution in [3.8, 4) is 0 Å². The van der Waals surface area contributed by atoms with Crippen LogP contribution in [0, 0.1) is 6.92 Å². The molecule has 74 valence electrons. The average molecular weight is 207 g/mol. The minimum absolute atomic E-state index is 0.585. The number of thioether (sulfide) groups is 1. The molecule has 0 saturated carbocycles. The zero-order chi connectivity index (χ0) is 9.97. The fraction of sp³-hybridized carbons (Fsp3) is 0.400. The molecule has 0 fully saturated rings. The van der Waals surface area contributed by atoms with E-state index in [1.54, 1.807) is 18.0 Å². The zero-order valence-corrected chi connectivity index (χ0v) is 9.14. The van der Waals surface area contributed by atoms with Crippen LogP contribution in [0.15, 0.2) is 23.3 Å². The van der Waals surface area contributed by atoms with Gasteiger partial charge in [-0.1, -0.05) is 18.7 Å². The molecule has 0 amide bonds. The number of anilines is 1. The van der Waals surface area contributed by atoms with Crippen LogP contribution in [-0.2, 0) is 0 Å². The third kappa shape index (κ3) is 2.26. The van der Waals surface area contributed by atoms with Gasteiger partial charge in [0.15, 0.2) is 5.17 Å². The predicted molar refractivity (Wildman–Crippen MR) is 62.0 cm³/mol. The smallest absolute Gasteiger partial charge is 0.162 e. The average Bonchev–Trinajstić information content (AvgIpc) is 2.51. The minimum Gasteiger partial charge on any atom is -0.320 e. The lowest BCUT2D eigenvalue weighted by molar-refractivity contribution is 0.976. The van der Waals surface area contributed by atoms with Gasteiger partial charge in [-0.15, -0.1) is 0 Å². The number of aryl methyl sites for hydroxylation is 1. The number of nitrogens with zero attached hydrogens (tertiary/aromatic N) is 2. The molecule has 1 N–H and O–H groups in total. The van der Waals surface area contributed by atoms with Gasteiger partial charge in [-0.25, -0.2) is 4.98 Å². The van der Waals surface area contributed by atoms with Crippen LogP contribution < -0.4 is 5.32 Å². The number of amidine groups is 1. The quantitative estimate of drug-likeness (QED) is 0.767. The maximum atomic E-state index is 4.37. The van der Waals surface area contributed by atoms with Crippen LogP contribution in [-0.4, -0.2) is 21.9 Å². The van der Waals surface area contributed by atoms with E-state index in [-0.39, 0.29) is 0 Å². The van der Waals surface area contributed by atoms with Crippen LogP contribution in [0.3, 0.4) is 0 Å². The molecule has 0 radical (unpaired) electrons. The first-order valence-electron chi connectivity index (χ1n) is 4.65. The van der Waals surface area contributed by atoms with Gasteiger partial charge in [0.1, 0.15) is 5.82 Å². The number of nitrogens with one attached hydrogen (secondary N) is 1. The van der Waals surface area contributed by atoms with Crippen molar-refractivity contribution in [3.05, 3.63) is 23.9 Å². The summed E-state index contributed by atoms with van der Waals surface area (Å²) < 4.78 is 0. The molecule has 1 aromatic heterocycles.